The van der Waals surface area contributed by atoms with E-state index in [-0.39, 0.29) is 11.7 Å². The molecule has 1 heterocycles. The summed E-state index contributed by atoms with van der Waals surface area (Å²) in [4.78, 5) is 13.8. The number of halogens is 1. The van der Waals surface area contributed by atoms with Gasteiger partial charge in [-0.15, -0.1) is 0 Å². The van der Waals surface area contributed by atoms with E-state index in [0.717, 1.165) is 42.3 Å². The van der Waals surface area contributed by atoms with E-state index in [9.17, 15) is 9.18 Å². The third-order valence-corrected chi connectivity index (χ3v) is 4.52. The Morgan fingerprint density at radius 2 is 2.24 bits per heavy atom. The molecule has 0 bridgehead atoms. The summed E-state index contributed by atoms with van der Waals surface area (Å²) in [6.07, 6.45) is 4.24. The molecule has 1 fully saturated rings. The Bertz CT molecular complexity index is 711. The number of nitrogens with zero attached hydrogens (tertiary/aromatic N) is 2. The van der Waals surface area contributed by atoms with Crippen LogP contribution in [0.4, 0.5) is 4.39 Å². The molecule has 0 aliphatic heterocycles. The monoisotopic (exact) mass is 344 g/mol. The Hall–Kier alpha value is -2.21. The highest BCUT2D eigenvalue weighted by Crippen LogP contribution is 2.27. The fraction of sp³-hybridized carbons (Fsp3) is 0.474. The van der Waals surface area contributed by atoms with Gasteiger partial charge in [-0.05, 0) is 56.3 Å². The van der Waals surface area contributed by atoms with Gasteiger partial charge >= 0.3 is 0 Å². The first-order valence-electron chi connectivity index (χ1n) is 8.87. The lowest BCUT2D eigenvalue weighted by atomic mass is 10.1. The van der Waals surface area contributed by atoms with Crippen molar-refractivity contribution in [3.05, 3.63) is 41.8 Å². The van der Waals surface area contributed by atoms with Crippen molar-refractivity contribution in [2.75, 3.05) is 26.7 Å². The number of likely N-dealkylation sites (N-methyl/N-ethyl adjacent to an activating group) is 1. The largest absolute Gasteiger partial charge is 0.345 e. The zero-order valence-corrected chi connectivity index (χ0v) is 14.6. The summed E-state index contributed by atoms with van der Waals surface area (Å²) < 4.78 is 13.3. The summed E-state index contributed by atoms with van der Waals surface area (Å²) in [6.45, 7) is 2.08. The van der Waals surface area contributed by atoms with E-state index in [1.54, 1.807) is 11.0 Å². The zero-order valence-electron chi connectivity index (χ0n) is 14.6. The average molecular weight is 344 g/mol. The minimum absolute atomic E-state index is 0.130. The third kappa shape index (κ3) is 5.39. The summed E-state index contributed by atoms with van der Waals surface area (Å²) >= 11 is 0. The molecular weight excluding hydrogens is 319 g/mol. The summed E-state index contributed by atoms with van der Waals surface area (Å²) in [5.41, 5.74) is 2.49. The second kappa shape index (κ2) is 8.25. The van der Waals surface area contributed by atoms with Gasteiger partial charge < -0.3 is 10.2 Å². The van der Waals surface area contributed by atoms with Gasteiger partial charge in [0, 0.05) is 24.8 Å². The molecule has 2 aromatic rings. The first kappa shape index (κ1) is 17.6. The smallest absolute Gasteiger partial charge is 0.236 e. The first-order valence-corrected chi connectivity index (χ1v) is 8.87. The van der Waals surface area contributed by atoms with Gasteiger partial charge in [-0.3, -0.25) is 9.89 Å². The van der Waals surface area contributed by atoms with Crippen LogP contribution in [-0.4, -0.2) is 47.7 Å². The van der Waals surface area contributed by atoms with Crippen molar-refractivity contribution in [1.29, 1.82) is 0 Å². The van der Waals surface area contributed by atoms with Crippen molar-refractivity contribution in [2.24, 2.45) is 5.92 Å². The lowest BCUT2D eigenvalue weighted by molar-refractivity contribution is -0.129. The molecule has 25 heavy (non-hydrogen) atoms. The van der Waals surface area contributed by atoms with Crippen LogP contribution >= 0.6 is 0 Å². The number of carbonyl (C=O) groups excluding carboxylic acids is 1. The summed E-state index contributed by atoms with van der Waals surface area (Å²) in [5, 5.41) is 10.5. The molecule has 2 N–H and O–H groups in total. The maximum atomic E-state index is 13.3. The molecular formula is C19H25FN4O. The molecule has 134 valence electrons. The van der Waals surface area contributed by atoms with E-state index >= 15 is 0 Å². The van der Waals surface area contributed by atoms with Crippen LogP contribution in [0.2, 0.25) is 0 Å². The molecule has 1 aromatic heterocycles. The highest BCUT2D eigenvalue weighted by atomic mass is 19.1. The van der Waals surface area contributed by atoms with E-state index in [1.165, 1.54) is 25.0 Å². The van der Waals surface area contributed by atoms with Gasteiger partial charge in [0.25, 0.3) is 0 Å². The maximum Gasteiger partial charge on any atom is 0.236 e. The van der Waals surface area contributed by atoms with Gasteiger partial charge in [0.05, 0.1) is 12.2 Å². The topological polar surface area (TPSA) is 61.0 Å². The van der Waals surface area contributed by atoms with Crippen molar-refractivity contribution in [3.63, 3.8) is 0 Å². The Morgan fingerprint density at radius 3 is 3.00 bits per heavy atom. The fourth-order valence-corrected chi connectivity index (χ4v) is 2.76. The van der Waals surface area contributed by atoms with Gasteiger partial charge in [-0.2, -0.15) is 5.10 Å². The Kier molecular flexibility index (Phi) is 5.81. The predicted molar refractivity (Wildman–Crippen MR) is 95.5 cm³/mol. The standard InChI is InChI=1S/C19H25FN4O/c1-24(19(25)13-21-12-14-7-8-14)9-3-6-17-11-18(23-22-17)15-4-2-5-16(20)10-15/h2,4-5,10-11,14,21H,3,6-9,12-13H2,1H3,(H,22,23). The molecule has 0 saturated heterocycles. The fourth-order valence-electron chi connectivity index (χ4n) is 2.76. The first-order chi connectivity index (χ1) is 12.1. The number of carbonyl (C=O) groups is 1. The minimum Gasteiger partial charge on any atom is -0.345 e. The number of aryl methyl sites for hydroxylation is 1. The highest BCUT2D eigenvalue weighted by molar-refractivity contribution is 5.77. The van der Waals surface area contributed by atoms with Gasteiger partial charge in [-0.25, -0.2) is 4.39 Å². The number of rotatable bonds is 9. The number of benzene rings is 1. The molecule has 6 heteroatoms. The quantitative estimate of drug-likeness (QED) is 0.735. The lowest BCUT2D eigenvalue weighted by Gasteiger charge is -2.17. The van der Waals surface area contributed by atoms with Gasteiger partial charge in [-0.1, -0.05) is 12.1 Å². The van der Waals surface area contributed by atoms with Crippen LogP contribution in [0, 0.1) is 11.7 Å². The predicted octanol–water partition coefficient (Wildman–Crippen LogP) is 2.61. The Labute approximate surface area is 147 Å². The molecule has 1 aromatic carbocycles. The number of aromatic amines is 1. The van der Waals surface area contributed by atoms with E-state index in [2.05, 4.69) is 15.5 Å². The number of nitrogens with one attached hydrogen (secondary N) is 2. The Morgan fingerprint density at radius 1 is 1.40 bits per heavy atom. The SMILES string of the molecule is CN(CCCc1cc(-c2cccc(F)c2)n[nH]1)C(=O)CNCC1CC1. The van der Waals surface area contributed by atoms with Crippen LogP contribution in [-0.2, 0) is 11.2 Å². The van der Waals surface area contributed by atoms with E-state index in [4.69, 9.17) is 0 Å². The van der Waals surface area contributed by atoms with Crippen LogP contribution in [0.3, 0.4) is 0 Å². The molecule has 1 aliphatic rings. The van der Waals surface area contributed by atoms with Crippen LogP contribution in [0.5, 0.6) is 0 Å². The number of amides is 1. The van der Waals surface area contributed by atoms with Gasteiger partial charge in [0.1, 0.15) is 5.82 Å². The zero-order chi connectivity index (χ0) is 17.6. The van der Waals surface area contributed by atoms with Crippen LogP contribution in [0.25, 0.3) is 11.3 Å². The maximum absolute atomic E-state index is 13.3. The van der Waals surface area contributed by atoms with E-state index in [1.807, 2.05) is 19.2 Å². The molecule has 5 nitrogen and oxygen atoms in total. The second-order valence-electron chi connectivity index (χ2n) is 6.78. The number of aromatic nitrogens is 2. The van der Waals surface area contributed by atoms with E-state index < -0.39 is 0 Å². The Balaban J connectivity index is 1.40. The highest BCUT2D eigenvalue weighted by Gasteiger charge is 2.20. The lowest BCUT2D eigenvalue weighted by Crippen LogP contribution is -2.36. The van der Waals surface area contributed by atoms with Gasteiger partial charge in [0.2, 0.25) is 5.91 Å². The third-order valence-electron chi connectivity index (χ3n) is 4.52. The number of H-pyrrole nitrogens is 1. The molecule has 1 saturated carbocycles. The van der Waals surface area contributed by atoms with Crippen molar-refractivity contribution >= 4 is 5.91 Å². The molecule has 0 radical (unpaired) electrons. The minimum atomic E-state index is -0.266. The van der Waals surface area contributed by atoms with E-state index in [0.29, 0.717) is 13.1 Å². The second-order valence-corrected chi connectivity index (χ2v) is 6.78. The van der Waals surface area contributed by atoms with Crippen molar-refractivity contribution in [3.8, 4) is 11.3 Å². The summed E-state index contributed by atoms with van der Waals surface area (Å²) in [7, 11) is 1.84. The number of hydrogen-bond donors (Lipinski definition) is 2. The van der Waals surface area contributed by atoms with Crippen molar-refractivity contribution in [1.82, 2.24) is 20.4 Å². The molecule has 1 aliphatic carbocycles. The number of hydrogen-bond acceptors (Lipinski definition) is 3. The molecule has 3 rings (SSSR count). The molecule has 0 atom stereocenters. The molecule has 0 unspecified atom stereocenters. The summed E-state index contributed by atoms with van der Waals surface area (Å²) in [5.74, 6) is 0.647. The van der Waals surface area contributed by atoms with Crippen LogP contribution in [0.1, 0.15) is 25.0 Å². The van der Waals surface area contributed by atoms with Crippen molar-refractivity contribution in [2.45, 2.75) is 25.7 Å². The summed E-state index contributed by atoms with van der Waals surface area (Å²) in [6, 6.07) is 8.35. The van der Waals surface area contributed by atoms with Gasteiger partial charge in [0.15, 0.2) is 0 Å². The van der Waals surface area contributed by atoms with Crippen LogP contribution in [0.15, 0.2) is 30.3 Å². The van der Waals surface area contributed by atoms with Crippen molar-refractivity contribution < 1.29 is 9.18 Å². The average Bonchev–Trinajstić information content (AvgIpc) is 3.30. The van der Waals surface area contributed by atoms with Crippen LogP contribution < -0.4 is 5.32 Å². The molecule has 0 spiro atoms. The molecule has 1 amide bonds. The normalized spacial score (nSPS) is 13.8.